The topological polar surface area (TPSA) is 52.6 Å². The van der Waals surface area contributed by atoms with Crippen molar-refractivity contribution in [1.82, 2.24) is 0 Å². The van der Waals surface area contributed by atoms with Crippen LogP contribution in [0.4, 0.5) is 0 Å². The Labute approximate surface area is 97.4 Å². The molecule has 5 heteroatoms. The van der Waals surface area contributed by atoms with Crippen LogP contribution in [0.2, 0.25) is 9.91 Å². The Morgan fingerprint density at radius 3 is 2.27 bits per heavy atom. The minimum atomic E-state index is -0.663. The molecule has 0 aliphatic rings. The third-order valence-electron chi connectivity index (χ3n) is 1.53. The Bertz CT molecular complexity index is 232. The third kappa shape index (κ3) is 7.43. The van der Waals surface area contributed by atoms with Crippen molar-refractivity contribution in [2.75, 3.05) is 7.11 Å². The van der Waals surface area contributed by atoms with Crippen LogP contribution in [-0.2, 0) is 19.1 Å². The number of hydrogen-bond donors (Lipinski definition) is 0. The zero-order chi connectivity index (χ0) is 12.1. The monoisotopic (exact) mass is 278 g/mol. The average Bonchev–Trinajstić information content (AvgIpc) is 2.10. The summed E-state index contributed by atoms with van der Waals surface area (Å²) >= 11 is -0.663. The predicted octanol–water partition coefficient (Wildman–Crippen LogP) is 1.16. The number of carbonyl (C=O) groups is 2. The van der Waals surface area contributed by atoms with E-state index in [2.05, 4.69) is 4.74 Å². The average molecular weight is 278 g/mol. The van der Waals surface area contributed by atoms with E-state index in [1.807, 2.05) is 20.8 Å². The molecular weight excluding hydrogens is 259 g/mol. The Hall–Kier alpha value is -0.502. The molecule has 0 bridgehead atoms. The molecule has 2 atom stereocenters. The number of methoxy groups -OCH3 is 1. The molecule has 0 aromatic heterocycles. The van der Waals surface area contributed by atoms with Crippen molar-refractivity contribution in [3.8, 4) is 0 Å². The maximum absolute atomic E-state index is 11.3. The van der Waals surface area contributed by atoms with Crippen molar-refractivity contribution < 1.29 is 19.1 Å². The van der Waals surface area contributed by atoms with Gasteiger partial charge >= 0.3 is 97.1 Å². The molecule has 0 spiro atoms. The summed E-state index contributed by atoms with van der Waals surface area (Å²) < 4.78 is 9.59. The molecule has 0 saturated carbocycles. The van der Waals surface area contributed by atoms with Crippen LogP contribution in [0.5, 0.6) is 0 Å². The number of esters is 2. The molecule has 0 aliphatic carbocycles. The third-order valence-corrected chi connectivity index (χ3v) is 4.34. The molecule has 15 heavy (non-hydrogen) atoms. The molecule has 0 heterocycles. The quantitative estimate of drug-likeness (QED) is 0.572. The van der Waals surface area contributed by atoms with Crippen molar-refractivity contribution >= 4 is 27.7 Å². The van der Waals surface area contributed by atoms with Gasteiger partial charge in [-0.1, -0.05) is 0 Å². The van der Waals surface area contributed by atoms with Gasteiger partial charge in [-0.2, -0.15) is 0 Å². The van der Waals surface area contributed by atoms with Crippen LogP contribution >= 0.6 is 0 Å². The zero-order valence-corrected chi connectivity index (χ0v) is 12.0. The molecule has 88 valence electrons. The maximum atomic E-state index is 11.3. The van der Waals surface area contributed by atoms with Gasteiger partial charge in [-0.25, -0.2) is 0 Å². The van der Waals surface area contributed by atoms with Gasteiger partial charge in [0.05, 0.1) is 0 Å². The molecule has 0 saturated heterocycles. The summed E-state index contributed by atoms with van der Waals surface area (Å²) in [5.74, 6) is -0.461. The second-order valence-electron chi connectivity index (χ2n) is 4.21. The molecule has 0 radical (unpaired) electrons. The molecule has 0 aromatic carbocycles. The van der Waals surface area contributed by atoms with Crippen molar-refractivity contribution in [1.29, 1.82) is 0 Å². The van der Waals surface area contributed by atoms with E-state index in [1.54, 1.807) is 6.92 Å². The van der Waals surface area contributed by atoms with Gasteiger partial charge in [0.1, 0.15) is 0 Å². The molecule has 0 aliphatic heterocycles. The summed E-state index contributed by atoms with van der Waals surface area (Å²) in [7, 11) is 1.36. The van der Waals surface area contributed by atoms with E-state index in [0.717, 1.165) is 0 Å². The fraction of sp³-hybridized carbons (Fsp3) is 0.800. The van der Waals surface area contributed by atoms with Crippen LogP contribution in [-0.4, -0.2) is 40.4 Å². The van der Waals surface area contributed by atoms with Crippen molar-refractivity contribution in [2.24, 2.45) is 0 Å². The van der Waals surface area contributed by atoms with E-state index >= 15 is 0 Å². The fourth-order valence-corrected chi connectivity index (χ4v) is 2.61. The number of ether oxygens (including phenoxy) is 2. The summed E-state index contributed by atoms with van der Waals surface area (Å²) in [5.41, 5.74) is -0.447. The molecule has 0 fully saturated rings. The normalized spacial score (nSPS) is 13.9. The van der Waals surface area contributed by atoms with Crippen LogP contribution < -0.4 is 0 Å². The van der Waals surface area contributed by atoms with Crippen molar-refractivity contribution in [2.45, 2.75) is 43.2 Å². The molecule has 4 nitrogen and oxygen atoms in total. The first-order chi connectivity index (χ1) is 6.76. The van der Waals surface area contributed by atoms with Gasteiger partial charge in [0.15, 0.2) is 0 Å². The second kappa shape index (κ2) is 6.16. The Kier molecular flexibility index (Phi) is 5.96. The molecular formula is C10H19AsO4. The zero-order valence-electron chi connectivity index (χ0n) is 9.92. The minimum absolute atomic E-state index is 0.137. The number of rotatable bonds is 4. The van der Waals surface area contributed by atoms with Crippen LogP contribution in [0.3, 0.4) is 0 Å². The first-order valence-electron chi connectivity index (χ1n) is 4.79. The molecule has 2 unspecified atom stereocenters. The van der Waals surface area contributed by atoms with E-state index < -0.39 is 21.4 Å². The SMILES string of the molecule is COC(=O)C(C)[AsH]CC(=O)OC(C)(C)C. The van der Waals surface area contributed by atoms with Crippen LogP contribution in [0.15, 0.2) is 0 Å². The van der Waals surface area contributed by atoms with E-state index in [9.17, 15) is 9.59 Å². The van der Waals surface area contributed by atoms with Crippen LogP contribution in [0.1, 0.15) is 27.7 Å². The Morgan fingerprint density at radius 1 is 1.33 bits per heavy atom. The van der Waals surface area contributed by atoms with E-state index in [1.165, 1.54) is 7.11 Å². The van der Waals surface area contributed by atoms with E-state index in [4.69, 9.17) is 4.74 Å². The summed E-state index contributed by atoms with van der Waals surface area (Å²) in [5, 5.41) is 0.369. The summed E-state index contributed by atoms with van der Waals surface area (Å²) in [6.45, 7) is 7.27. The first-order valence-corrected chi connectivity index (χ1v) is 7.49. The van der Waals surface area contributed by atoms with Gasteiger partial charge in [0.2, 0.25) is 0 Å². The summed E-state index contributed by atoms with van der Waals surface area (Å²) in [4.78, 5) is 22.4. The first kappa shape index (κ1) is 14.5. The van der Waals surface area contributed by atoms with Gasteiger partial charge in [0.25, 0.3) is 0 Å². The fourth-order valence-electron chi connectivity index (χ4n) is 0.874. The number of carbonyl (C=O) groups excluding carboxylic acids is 2. The molecule has 0 N–H and O–H groups in total. The van der Waals surface area contributed by atoms with Gasteiger partial charge in [-0.3, -0.25) is 0 Å². The molecule has 0 rings (SSSR count). The molecule has 0 aromatic rings. The van der Waals surface area contributed by atoms with Crippen LogP contribution in [0.25, 0.3) is 0 Å². The Morgan fingerprint density at radius 2 is 1.87 bits per heavy atom. The summed E-state index contributed by atoms with van der Waals surface area (Å²) in [6.07, 6.45) is 0. The van der Waals surface area contributed by atoms with Gasteiger partial charge in [0, 0.05) is 0 Å². The van der Waals surface area contributed by atoms with Crippen molar-refractivity contribution in [3.63, 3.8) is 0 Å². The van der Waals surface area contributed by atoms with Gasteiger partial charge in [-0.05, 0) is 0 Å². The Balaban J connectivity index is 3.86. The number of hydrogen-bond acceptors (Lipinski definition) is 4. The van der Waals surface area contributed by atoms with Crippen LogP contribution in [0, 0.1) is 0 Å². The van der Waals surface area contributed by atoms with Gasteiger partial charge < -0.3 is 0 Å². The van der Waals surface area contributed by atoms with E-state index in [-0.39, 0.29) is 16.6 Å². The molecule has 0 amide bonds. The summed E-state index contributed by atoms with van der Waals surface area (Å²) in [6, 6.07) is 0. The standard InChI is InChI=1S/C10H19AsO4/c1-7(9(13)14-5)11-6-8(12)15-10(2,3)4/h7,11H,6H2,1-5H3. The predicted molar refractivity (Wildman–Crippen MR) is 59.2 cm³/mol. The van der Waals surface area contributed by atoms with E-state index in [0.29, 0.717) is 5.21 Å². The van der Waals surface area contributed by atoms with Gasteiger partial charge in [-0.15, -0.1) is 0 Å². The van der Waals surface area contributed by atoms with Crippen molar-refractivity contribution in [3.05, 3.63) is 0 Å². The second-order valence-corrected chi connectivity index (χ2v) is 7.63.